The van der Waals surface area contributed by atoms with Crippen LogP contribution in [0.4, 0.5) is 23.2 Å². The molecule has 1 saturated heterocycles. The Labute approximate surface area is 271 Å². The van der Waals surface area contributed by atoms with Crippen LogP contribution in [-0.2, 0) is 21.2 Å². The lowest BCUT2D eigenvalue weighted by Gasteiger charge is -2.40. The van der Waals surface area contributed by atoms with Crippen LogP contribution in [0.3, 0.4) is 0 Å². The van der Waals surface area contributed by atoms with Gasteiger partial charge < -0.3 is 15.4 Å². The number of nitrogens with zero attached hydrogens (tertiary/aromatic N) is 1. The van der Waals surface area contributed by atoms with Crippen molar-refractivity contribution >= 4 is 21.6 Å². The van der Waals surface area contributed by atoms with Gasteiger partial charge in [0.15, 0.2) is 0 Å². The monoisotopic (exact) mass is 669 g/mol. The van der Waals surface area contributed by atoms with Gasteiger partial charge in [-0.25, -0.2) is 26.0 Å². The highest BCUT2D eigenvalue weighted by molar-refractivity contribution is 7.89. The number of methoxy groups -OCH3 is 1. The maximum Gasteiger partial charge on any atom is 0.243 e. The zero-order chi connectivity index (χ0) is 33.7. The fourth-order valence-corrected chi connectivity index (χ4v) is 7.90. The molecule has 0 aromatic heterocycles. The topological polar surface area (TPSA) is 87.7 Å². The van der Waals surface area contributed by atoms with Crippen LogP contribution < -0.4 is 15.4 Å². The van der Waals surface area contributed by atoms with Gasteiger partial charge in [0.25, 0.3) is 0 Å². The van der Waals surface area contributed by atoms with Gasteiger partial charge in [0.05, 0.1) is 12.0 Å². The summed E-state index contributed by atoms with van der Waals surface area (Å²) < 4.78 is 91.4. The van der Waals surface area contributed by atoms with Gasteiger partial charge in [-0.2, -0.15) is 4.31 Å². The second-order valence-electron chi connectivity index (χ2n) is 11.5. The van der Waals surface area contributed by atoms with Gasteiger partial charge in [0, 0.05) is 54.8 Å². The Morgan fingerprint density at radius 2 is 1.60 bits per heavy atom. The molecule has 248 valence electrons. The van der Waals surface area contributed by atoms with Crippen molar-refractivity contribution < 1.29 is 35.5 Å². The predicted molar refractivity (Wildman–Crippen MR) is 171 cm³/mol. The number of carbonyl (C=O) groups excluding carboxylic acids is 1. The van der Waals surface area contributed by atoms with Crippen molar-refractivity contribution in [3.05, 3.63) is 125 Å². The summed E-state index contributed by atoms with van der Waals surface area (Å²) in [5, 5.41) is 5.99. The van der Waals surface area contributed by atoms with Gasteiger partial charge in [0.2, 0.25) is 15.9 Å². The molecule has 4 aromatic rings. The largest absolute Gasteiger partial charge is 0.497 e. The minimum Gasteiger partial charge on any atom is -0.497 e. The summed E-state index contributed by atoms with van der Waals surface area (Å²) in [6.45, 7) is 2.59. The van der Waals surface area contributed by atoms with E-state index in [0.717, 1.165) is 18.2 Å². The van der Waals surface area contributed by atoms with Crippen LogP contribution >= 0.6 is 0 Å². The quantitative estimate of drug-likeness (QED) is 0.181. The number of hydrogen-bond acceptors (Lipinski definition) is 5. The average Bonchev–Trinajstić information content (AvgIpc) is 3.03. The third kappa shape index (κ3) is 8.01. The Kier molecular flexibility index (Phi) is 10.6. The maximum absolute atomic E-state index is 15.3. The number of ether oxygens (including phenoxy) is 1. The molecule has 47 heavy (non-hydrogen) atoms. The highest BCUT2D eigenvalue weighted by atomic mass is 32.2. The number of rotatable bonds is 11. The van der Waals surface area contributed by atoms with E-state index in [1.807, 2.05) is 0 Å². The molecule has 1 amide bonds. The predicted octanol–water partition coefficient (Wildman–Crippen LogP) is 6.40. The molecule has 7 nitrogen and oxygen atoms in total. The molecule has 0 bridgehead atoms. The first-order valence-electron chi connectivity index (χ1n) is 15.1. The van der Waals surface area contributed by atoms with Crippen LogP contribution in [0.1, 0.15) is 42.4 Å². The highest BCUT2D eigenvalue weighted by Gasteiger charge is 2.38. The highest BCUT2D eigenvalue weighted by Crippen LogP contribution is 2.32. The molecule has 1 fully saturated rings. The normalized spacial score (nSPS) is 17.7. The lowest BCUT2D eigenvalue weighted by Crippen LogP contribution is -2.58. The number of anilines is 1. The molecule has 0 radical (unpaired) electrons. The molecule has 0 saturated carbocycles. The summed E-state index contributed by atoms with van der Waals surface area (Å²) in [4.78, 5) is 13.5. The second kappa shape index (κ2) is 14.7. The molecule has 1 aliphatic heterocycles. The molecule has 12 heteroatoms. The van der Waals surface area contributed by atoms with Crippen LogP contribution in [0, 0.1) is 23.3 Å². The van der Waals surface area contributed by atoms with E-state index in [-0.39, 0.29) is 47.0 Å². The van der Waals surface area contributed by atoms with E-state index in [1.165, 1.54) is 59.9 Å². The zero-order valence-electron chi connectivity index (χ0n) is 25.9. The minimum atomic E-state index is -3.91. The molecule has 1 heterocycles. The number of amides is 1. The number of nitrogens with one attached hydrogen (secondary N) is 2. The molecule has 0 spiro atoms. The molecular weight excluding hydrogens is 634 g/mol. The van der Waals surface area contributed by atoms with E-state index in [9.17, 15) is 26.4 Å². The van der Waals surface area contributed by atoms with Crippen molar-refractivity contribution in [2.75, 3.05) is 25.5 Å². The maximum atomic E-state index is 15.3. The summed E-state index contributed by atoms with van der Waals surface area (Å²) in [5.41, 5.74) is 1.03. The molecule has 3 atom stereocenters. The summed E-state index contributed by atoms with van der Waals surface area (Å²) in [5.74, 6) is -3.60. The first kappa shape index (κ1) is 34.1. The molecule has 5 rings (SSSR count). The summed E-state index contributed by atoms with van der Waals surface area (Å²) in [6, 6.07) is 17.7. The number of carbonyl (C=O) groups is 1. The summed E-state index contributed by atoms with van der Waals surface area (Å²) in [6.07, 6.45) is 0.0756. The Morgan fingerprint density at radius 3 is 2.26 bits per heavy atom. The van der Waals surface area contributed by atoms with Gasteiger partial charge in [-0.3, -0.25) is 4.79 Å². The van der Waals surface area contributed by atoms with Gasteiger partial charge in [-0.1, -0.05) is 18.2 Å². The van der Waals surface area contributed by atoms with Crippen LogP contribution in [0.2, 0.25) is 0 Å². The Bertz CT molecular complexity index is 1800. The fourth-order valence-electron chi connectivity index (χ4n) is 6.06. The van der Waals surface area contributed by atoms with Gasteiger partial charge in [-0.15, -0.1) is 0 Å². The van der Waals surface area contributed by atoms with E-state index in [2.05, 4.69) is 10.6 Å². The van der Waals surface area contributed by atoms with E-state index < -0.39 is 51.2 Å². The van der Waals surface area contributed by atoms with Gasteiger partial charge in [0.1, 0.15) is 29.0 Å². The number of sulfonamides is 1. The molecule has 1 aliphatic rings. The first-order valence-corrected chi connectivity index (χ1v) is 16.6. The number of benzene rings is 4. The SMILES string of the molecule is COc1ccc(S(=O)(=O)N2C(C)CNCC2CCc2c(F)cccc2NC(=O)C[C@@H](c2ccc(F)cc2)c2cc(F)cc(F)c2)cc1. The van der Waals surface area contributed by atoms with Crippen molar-refractivity contribution in [3.63, 3.8) is 0 Å². The second-order valence-corrected chi connectivity index (χ2v) is 13.4. The van der Waals surface area contributed by atoms with Gasteiger partial charge in [-0.05, 0) is 91.6 Å². The van der Waals surface area contributed by atoms with Crippen molar-refractivity contribution in [1.82, 2.24) is 9.62 Å². The van der Waals surface area contributed by atoms with Gasteiger partial charge >= 0.3 is 0 Å². The van der Waals surface area contributed by atoms with E-state index in [1.54, 1.807) is 25.1 Å². The summed E-state index contributed by atoms with van der Waals surface area (Å²) >= 11 is 0. The van der Waals surface area contributed by atoms with Crippen molar-refractivity contribution in [2.45, 2.75) is 49.1 Å². The van der Waals surface area contributed by atoms with Crippen LogP contribution in [-0.4, -0.2) is 50.9 Å². The lowest BCUT2D eigenvalue weighted by molar-refractivity contribution is -0.116. The Hall–Kier alpha value is -4.26. The first-order chi connectivity index (χ1) is 22.5. The zero-order valence-corrected chi connectivity index (χ0v) is 26.7. The van der Waals surface area contributed by atoms with Crippen molar-refractivity contribution in [3.8, 4) is 5.75 Å². The van der Waals surface area contributed by atoms with Crippen LogP contribution in [0.15, 0.2) is 89.8 Å². The van der Waals surface area contributed by atoms with E-state index in [4.69, 9.17) is 4.74 Å². The van der Waals surface area contributed by atoms with E-state index in [0.29, 0.717) is 24.4 Å². The third-order valence-corrected chi connectivity index (χ3v) is 10.4. The molecule has 4 aromatic carbocycles. The van der Waals surface area contributed by atoms with Crippen LogP contribution in [0.5, 0.6) is 5.75 Å². The smallest absolute Gasteiger partial charge is 0.243 e. The van der Waals surface area contributed by atoms with Crippen LogP contribution in [0.25, 0.3) is 0 Å². The summed E-state index contributed by atoms with van der Waals surface area (Å²) in [7, 11) is -2.41. The van der Waals surface area contributed by atoms with Crippen molar-refractivity contribution in [2.24, 2.45) is 0 Å². The Balaban J connectivity index is 1.36. The lowest BCUT2D eigenvalue weighted by atomic mass is 9.88. The molecule has 2 unspecified atom stereocenters. The molecule has 2 N–H and O–H groups in total. The van der Waals surface area contributed by atoms with E-state index >= 15 is 4.39 Å². The number of halogens is 4. The minimum absolute atomic E-state index is 0.104. The fraction of sp³-hybridized carbons (Fsp3) is 0.286. The number of hydrogen-bond donors (Lipinski definition) is 2. The number of piperazine rings is 1. The average molecular weight is 670 g/mol. The Morgan fingerprint density at radius 1 is 0.915 bits per heavy atom. The standard InChI is InChI=1S/C35H35F4N3O4S/c1-22-20-40-21-28(42(22)47(44,45)30-13-11-29(46-2)12-14-30)10-15-31-33(39)4-3-5-34(31)41-35(43)19-32(23-6-8-25(36)9-7-23)24-16-26(37)18-27(38)17-24/h3-9,11-14,16-18,22,28,32,40H,10,15,19-21H2,1-2H3,(H,41,43)/t22?,28?,32-/m0/s1. The molecule has 0 aliphatic carbocycles. The van der Waals surface area contributed by atoms with Crippen molar-refractivity contribution in [1.29, 1.82) is 0 Å². The third-order valence-electron chi connectivity index (χ3n) is 8.32. The molecular formula is C35H35F4N3O4S.